The number of phenols is 1. The van der Waals surface area contributed by atoms with Gasteiger partial charge in [-0.05, 0) is 59.2 Å². The number of hydrogen-bond donors (Lipinski definition) is 1. The number of aromatic hydroxyl groups is 1. The third-order valence-corrected chi connectivity index (χ3v) is 5.15. The summed E-state index contributed by atoms with van der Waals surface area (Å²) >= 11 is 3.37. The first kappa shape index (κ1) is 17.9. The van der Waals surface area contributed by atoms with Gasteiger partial charge in [0.1, 0.15) is 11.5 Å². The van der Waals surface area contributed by atoms with Crippen LogP contribution >= 0.6 is 15.9 Å². The smallest absolute Gasteiger partial charge is 0.133 e. The van der Waals surface area contributed by atoms with Crippen LogP contribution in [0.1, 0.15) is 39.2 Å². The van der Waals surface area contributed by atoms with Crippen LogP contribution < -0.4 is 4.74 Å². The first-order valence-electron chi connectivity index (χ1n) is 7.83. The zero-order valence-electron chi connectivity index (χ0n) is 14.3. The van der Waals surface area contributed by atoms with Gasteiger partial charge in [0.15, 0.2) is 0 Å². The summed E-state index contributed by atoms with van der Waals surface area (Å²) in [5.74, 6) is 1.37. The Morgan fingerprint density at radius 1 is 1.43 bits per heavy atom. The quantitative estimate of drug-likeness (QED) is 0.685. The second-order valence-corrected chi connectivity index (χ2v) is 7.82. The van der Waals surface area contributed by atoms with Gasteiger partial charge in [-0.3, -0.25) is 0 Å². The number of ether oxygens (including phenoxy) is 1. The zero-order chi connectivity index (χ0) is 17.2. The van der Waals surface area contributed by atoms with Crippen molar-refractivity contribution in [3.8, 4) is 11.5 Å². The maximum absolute atomic E-state index is 10.1. The number of rotatable bonds is 4. The molecule has 1 N–H and O–H groups in total. The van der Waals surface area contributed by atoms with Gasteiger partial charge in [-0.15, -0.1) is 0 Å². The molecule has 2 rings (SSSR count). The summed E-state index contributed by atoms with van der Waals surface area (Å²) in [6, 6.07) is 3.49. The second kappa shape index (κ2) is 6.96. The van der Waals surface area contributed by atoms with Crippen LogP contribution in [0, 0.1) is 11.3 Å². The zero-order valence-corrected chi connectivity index (χ0v) is 15.9. The molecule has 0 fully saturated rings. The molecule has 124 valence electrons. The monoisotopic (exact) mass is 376 g/mol. The fourth-order valence-electron chi connectivity index (χ4n) is 3.46. The summed E-state index contributed by atoms with van der Waals surface area (Å²) in [7, 11) is 1.62. The fourth-order valence-corrected chi connectivity index (χ4v) is 3.96. The van der Waals surface area contributed by atoms with Crippen molar-refractivity contribution in [2.24, 2.45) is 11.3 Å². The Balaban J connectivity index is 2.17. The Hall–Kier alpha value is -1.48. The molecular weight excluding hydrogens is 352 g/mol. The lowest BCUT2D eigenvalue weighted by molar-refractivity contribution is 0.241. The van der Waals surface area contributed by atoms with Gasteiger partial charge in [0.2, 0.25) is 0 Å². The van der Waals surface area contributed by atoms with Crippen LogP contribution in [0.3, 0.4) is 0 Å². The molecule has 1 aliphatic rings. The molecule has 0 saturated carbocycles. The standard InChI is InChI=1S/C20H25BrO2/c1-13-9-14(2)16(20(3,4)12-13)8-6-7-15-10-19(23-5)17(21)11-18(15)22/h6-7,9-11,16,22H,2,8,12H2,1,3-5H3/b7-6+. The Kier molecular flexibility index (Phi) is 5.41. The SMILES string of the molecule is C=C1C=C(C)CC(C)(C)C1C/C=C/c1cc(OC)c(Br)cc1O. The maximum atomic E-state index is 10.1. The summed E-state index contributed by atoms with van der Waals surface area (Å²) in [5.41, 5.74) is 3.56. The van der Waals surface area contributed by atoms with E-state index < -0.39 is 0 Å². The molecule has 1 unspecified atom stereocenters. The molecule has 0 saturated heterocycles. The van der Waals surface area contributed by atoms with Crippen molar-refractivity contribution in [2.45, 2.75) is 33.6 Å². The minimum absolute atomic E-state index is 0.208. The van der Waals surface area contributed by atoms with Crippen molar-refractivity contribution in [3.63, 3.8) is 0 Å². The van der Waals surface area contributed by atoms with Crippen molar-refractivity contribution in [1.82, 2.24) is 0 Å². The number of allylic oxidation sites excluding steroid dienone is 4. The Labute approximate surface area is 147 Å². The molecule has 23 heavy (non-hydrogen) atoms. The van der Waals surface area contributed by atoms with Crippen LogP contribution in [0.25, 0.3) is 6.08 Å². The van der Waals surface area contributed by atoms with Crippen LogP contribution in [-0.2, 0) is 0 Å². The molecule has 0 spiro atoms. The molecule has 0 amide bonds. The van der Waals surface area contributed by atoms with Crippen molar-refractivity contribution in [2.75, 3.05) is 7.11 Å². The van der Waals surface area contributed by atoms with Crippen molar-refractivity contribution >= 4 is 22.0 Å². The lowest BCUT2D eigenvalue weighted by Crippen LogP contribution is -2.28. The molecule has 0 radical (unpaired) electrons. The summed E-state index contributed by atoms with van der Waals surface area (Å²) in [6.07, 6.45) is 8.30. The highest BCUT2D eigenvalue weighted by Gasteiger charge is 2.33. The van der Waals surface area contributed by atoms with E-state index in [2.05, 4.69) is 55.4 Å². The van der Waals surface area contributed by atoms with Gasteiger partial charge < -0.3 is 9.84 Å². The van der Waals surface area contributed by atoms with Crippen LogP contribution in [0.15, 0.2) is 46.5 Å². The average Bonchev–Trinajstić information content (AvgIpc) is 2.42. The van der Waals surface area contributed by atoms with E-state index in [9.17, 15) is 5.11 Å². The van der Waals surface area contributed by atoms with Crippen molar-refractivity contribution < 1.29 is 9.84 Å². The highest BCUT2D eigenvalue weighted by Crippen LogP contribution is 2.44. The van der Waals surface area contributed by atoms with Crippen LogP contribution in [-0.4, -0.2) is 12.2 Å². The topological polar surface area (TPSA) is 29.5 Å². The Morgan fingerprint density at radius 2 is 2.13 bits per heavy atom. The minimum atomic E-state index is 0.208. The highest BCUT2D eigenvalue weighted by atomic mass is 79.9. The Bertz CT molecular complexity index is 668. The van der Waals surface area contributed by atoms with Crippen molar-refractivity contribution in [3.05, 3.63) is 52.0 Å². The average molecular weight is 377 g/mol. The summed E-state index contributed by atoms with van der Waals surface area (Å²) in [4.78, 5) is 0. The van der Waals surface area contributed by atoms with E-state index in [1.54, 1.807) is 13.2 Å². The lowest BCUT2D eigenvalue weighted by atomic mass is 9.66. The van der Waals surface area contributed by atoms with Gasteiger partial charge in [-0.25, -0.2) is 0 Å². The molecule has 2 nitrogen and oxygen atoms in total. The van der Waals surface area contributed by atoms with Gasteiger partial charge in [0.25, 0.3) is 0 Å². The number of halogens is 1. The molecule has 3 heteroatoms. The molecule has 1 aromatic carbocycles. The van der Waals surface area contributed by atoms with E-state index in [4.69, 9.17) is 4.74 Å². The van der Waals surface area contributed by atoms with Crippen molar-refractivity contribution in [1.29, 1.82) is 0 Å². The fraction of sp³-hybridized carbons (Fsp3) is 0.400. The van der Waals surface area contributed by atoms with E-state index in [0.29, 0.717) is 11.7 Å². The summed E-state index contributed by atoms with van der Waals surface area (Å²) < 4.78 is 6.03. The van der Waals surface area contributed by atoms with Gasteiger partial charge >= 0.3 is 0 Å². The van der Waals surface area contributed by atoms with E-state index in [1.807, 2.05) is 12.1 Å². The van der Waals surface area contributed by atoms with Gasteiger partial charge in [0.05, 0.1) is 11.6 Å². The molecule has 0 heterocycles. The van der Waals surface area contributed by atoms with Gasteiger partial charge in [0, 0.05) is 5.56 Å². The number of phenolic OH excluding ortho intramolecular Hbond substituents is 1. The molecule has 0 bridgehead atoms. The van der Waals surface area contributed by atoms with Crippen LogP contribution in [0.2, 0.25) is 0 Å². The van der Waals surface area contributed by atoms with E-state index in [1.165, 1.54) is 11.1 Å². The first-order chi connectivity index (χ1) is 10.7. The summed E-state index contributed by atoms with van der Waals surface area (Å²) in [6.45, 7) is 11.0. The molecule has 1 aromatic rings. The number of methoxy groups -OCH3 is 1. The van der Waals surface area contributed by atoms with Crippen LogP contribution in [0.5, 0.6) is 11.5 Å². The van der Waals surface area contributed by atoms with E-state index >= 15 is 0 Å². The summed E-state index contributed by atoms with van der Waals surface area (Å²) in [5, 5.41) is 10.1. The first-order valence-corrected chi connectivity index (χ1v) is 8.63. The maximum Gasteiger partial charge on any atom is 0.133 e. The number of hydrogen-bond acceptors (Lipinski definition) is 2. The third kappa shape index (κ3) is 4.08. The predicted octanol–water partition coefficient (Wildman–Crippen LogP) is 6.12. The lowest BCUT2D eigenvalue weighted by Gasteiger charge is -2.38. The Morgan fingerprint density at radius 3 is 2.74 bits per heavy atom. The molecule has 0 aliphatic heterocycles. The molecular formula is C20H25BrO2. The van der Waals surface area contributed by atoms with Gasteiger partial charge in [-0.2, -0.15) is 0 Å². The minimum Gasteiger partial charge on any atom is -0.507 e. The predicted molar refractivity (Wildman–Crippen MR) is 101 cm³/mol. The van der Waals surface area contributed by atoms with Gasteiger partial charge in [-0.1, -0.05) is 49.8 Å². The third-order valence-electron chi connectivity index (χ3n) is 4.53. The van der Waals surface area contributed by atoms with Crippen LogP contribution in [0.4, 0.5) is 0 Å². The molecule has 1 aliphatic carbocycles. The normalized spacial score (nSPS) is 20.7. The highest BCUT2D eigenvalue weighted by molar-refractivity contribution is 9.10. The number of benzene rings is 1. The second-order valence-electron chi connectivity index (χ2n) is 6.97. The van der Waals surface area contributed by atoms with E-state index in [0.717, 1.165) is 22.9 Å². The molecule has 0 aromatic heterocycles. The van der Waals surface area contributed by atoms with E-state index in [-0.39, 0.29) is 11.2 Å². The molecule has 1 atom stereocenters. The largest absolute Gasteiger partial charge is 0.507 e.